The van der Waals surface area contributed by atoms with Crippen LogP contribution in [0.25, 0.3) is 5.69 Å². The molecule has 0 radical (unpaired) electrons. The van der Waals surface area contributed by atoms with Crippen LogP contribution in [0.2, 0.25) is 0 Å². The molecule has 0 amide bonds. The maximum atomic E-state index is 13.6. The van der Waals surface area contributed by atoms with Crippen LogP contribution in [0.1, 0.15) is 55.1 Å². The molecule has 1 saturated heterocycles. The van der Waals surface area contributed by atoms with E-state index in [4.69, 9.17) is 19.5 Å². The summed E-state index contributed by atoms with van der Waals surface area (Å²) < 4.78 is 45.7. The number of rotatable bonds is 9. The molecule has 1 aromatic carbocycles. The van der Waals surface area contributed by atoms with Gasteiger partial charge in [-0.2, -0.15) is 5.26 Å². The summed E-state index contributed by atoms with van der Waals surface area (Å²) in [7, 11) is -0.657. The topological polar surface area (TPSA) is 142 Å². The SMILES string of the molecule is COc1cccc(OC)c1-n1c(CS(=O)(=O)[C@@H](C)[C@H](C)c2ncc(C#N)cn2)nnc1[C@H]1CCOC1. The molecule has 1 aliphatic heterocycles. The fraction of sp³-hybridized carbons (Fsp3) is 0.458. The minimum absolute atomic E-state index is 0.0491. The van der Waals surface area contributed by atoms with Gasteiger partial charge < -0.3 is 14.2 Å². The van der Waals surface area contributed by atoms with Gasteiger partial charge in [-0.3, -0.25) is 4.57 Å². The van der Waals surface area contributed by atoms with Gasteiger partial charge in [-0.1, -0.05) is 13.0 Å². The fourth-order valence-corrected chi connectivity index (χ4v) is 5.74. The lowest BCUT2D eigenvalue weighted by atomic mass is 10.1. The Hall–Kier alpha value is -3.56. The number of benzene rings is 1. The van der Waals surface area contributed by atoms with Gasteiger partial charge in [0.2, 0.25) is 0 Å². The van der Waals surface area contributed by atoms with E-state index >= 15 is 0 Å². The molecule has 1 fully saturated rings. The molecule has 12 heteroatoms. The number of para-hydroxylation sites is 1. The molecule has 0 unspecified atom stereocenters. The normalized spacial score (nSPS) is 17.4. The highest BCUT2D eigenvalue weighted by Crippen LogP contribution is 2.37. The van der Waals surface area contributed by atoms with E-state index in [0.29, 0.717) is 47.6 Å². The van der Waals surface area contributed by atoms with Crippen LogP contribution in [0.5, 0.6) is 11.5 Å². The molecule has 0 bridgehead atoms. The first-order valence-electron chi connectivity index (χ1n) is 11.5. The van der Waals surface area contributed by atoms with Gasteiger partial charge in [0.15, 0.2) is 15.7 Å². The maximum absolute atomic E-state index is 13.6. The molecule has 0 N–H and O–H groups in total. The first-order chi connectivity index (χ1) is 17.3. The summed E-state index contributed by atoms with van der Waals surface area (Å²) >= 11 is 0. The number of hydrogen-bond acceptors (Lipinski definition) is 10. The minimum Gasteiger partial charge on any atom is -0.494 e. The average Bonchev–Trinajstić information content (AvgIpc) is 3.57. The van der Waals surface area contributed by atoms with Crippen LogP contribution in [0.3, 0.4) is 0 Å². The van der Waals surface area contributed by atoms with E-state index in [1.165, 1.54) is 12.4 Å². The second-order valence-electron chi connectivity index (χ2n) is 8.62. The Morgan fingerprint density at radius 1 is 1.17 bits per heavy atom. The number of nitriles is 1. The number of hydrogen-bond donors (Lipinski definition) is 0. The zero-order valence-electron chi connectivity index (χ0n) is 20.6. The molecule has 1 aliphatic rings. The Labute approximate surface area is 210 Å². The molecule has 0 aliphatic carbocycles. The van der Waals surface area contributed by atoms with Crippen LogP contribution in [-0.4, -0.2) is 65.8 Å². The van der Waals surface area contributed by atoms with Gasteiger partial charge in [-0.05, 0) is 25.5 Å². The first-order valence-corrected chi connectivity index (χ1v) is 13.2. The predicted octanol–water partition coefficient (Wildman–Crippen LogP) is 2.56. The summed E-state index contributed by atoms with van der Waals surface area (Å²) in [5.41, 5.74) is 0.847. The second kappa shape index (κ2) is 10.6. The van der Waals surface area contributed by atoms with Crippen LogP contribution in [0, 0.1) is 11.3 Å². The zero-order chi connectivity index (χ0) is 25.9. The molecule has 2 aromatic heterocycles. The Bertz CT molecular complexity index is 1340. The number of aromatic nitrogens is 5. The Morgan fingerprint density at radius 3 is 2.39 bits per heavy atom. The van der Waals surface area contributed by atoms with Gasteiger partial charge >= 0.3 is 0 Å². The molecule has 11 nitrogen and oxygen atoms in total. The van der Waals surface area contributed by atoms with Crippen molar-refractivity contribution in [3.05, 3.63) is 53.6 Å². The van der Waals surface area contributed by atoms with Crippen LogP contribution < -0.4 is 9.47 Å². The zero-order valence-corrected chi connectivity index (χ0v) is 21.4. The monoisotopic (exact) mass is 512 g/mol. The lowest BCUT2D eigenvalue weighted by molar-refractivity contribution is 0.193. The highest BCUT2D eigenvalue weighted by Gasteiger charge is 2.34. The van der Waals surface area contributed by atoms with E-state index in [2.05, 4.69) is 20.2 Å². The summed E-state index contributed by atoms with van der Waals surface area (Å²) in [5, 5.41) is 16.9. The van der Waals surface area contributed by atoms with Crippen LogP contribution in [-0.2, 0) is 20.3 Å². The third-order valence-corrected chi connectivity index (χ3v) is 8.69. The average molecular weight is 513 g/mol. The third kappa shape index (κ3) is 4.89. The van der Waals surface area contributed by atoms with E-state index in [0.717, 1.165) is 6.42 Å². The molecule has 3 atom stereocenters. The highest BCUT2D eigenvalue weighted by molar-refractivity contribution is 7.91. The van der Waals surface area contributed by atoms with Crippen molar-refractivity contribution in [3.63, 3.8) is 0 Å². The molecule has 36 heavy (non-hydrogen) atoms. The lowest BCUT2D eigenvalue weighted by Crippen LogP contribution is -2.27. The van der Waals surface area contributed by atoms with E-state index in [1.807, 2.05) is 6.07 Å². The van der Waals surface area contributed by atoms with Crippen molar-refractivity contribution in [3.8, 4) is 23.3 Å². The van der Waals surface area contributed by atoms with Crippen molar-refractivity contribution in [2.75, 3.05) is 27.4 Å². The van der Waals surface area contributed by atoms with Crippen molar-refractivity contribution >= 4 is 9.84 Å². The quantitative estimate of drug-likeness (QED) is 0.420. The highest BCUT2D eigenvalue weighted by atomic mass is 32.2. The van der Waals surface area contributed by atoms with Gasteiger partial charge in [0.1, 0.15) is 40.7 Å². The molecule has 3 aromatic rings. The number of methoxy groups -OCH3 is 2. The minimum atomic E-state index is -3.74. The van der Waals surface area contributed by atoms with E-state index in [1.54, 1.807) is 50.8 Å². The summed E-state index contributed by atoms with van der Waals surface area (Å²) in [6.45, 7) is 4.43. The molecule has 0 saturated carbocycles. The van der Waals surface area contributed by atoms with Gasteiger partial charge in [0.05, 0.1) is 31.6 Å². The Morgan fingerprint density at radius 2 is 1.83 bits per heavy atom. The third-order valence-electron chi connectivity index (χ3n) is 6.48. The molecule has 4 rings (SSSR count). The Balaban J connectivity index is 1.75. The van der Waals surface area contributed by atoms with Crippen molar-refractivity contribution in [1.82, 2.24) is 24.7 Å². The second-order valence-corrected chi connectivity index (χ2v) is 11.0. The van der Waals surface area contributed by atoms with Crippen LogP contribution in [0.15, 0.2) is 30.6 Å². The number of nitrogens with zero attached hydrogens (tertiary/aromatic N) is 6. The number of ether oxygens (including phenoxy) is 3. The molecular formula is C24H28N6O5S. The standard InChI is InChI=1S/C24H28N6O5S/c1-15(23-26-11-17(10-25)12-27-23)16(2)36(31,32)14-21-28-29-24(18-8-9-35-13-18)30(21)22-19(33-3)6-5-7-20(22)34-4/h5-7,11-12,15-16,18H,8-9,13-14H2,1-4H3/t15-,16-,18-/m0/s1. The van der Waals surface area contributed by atoms with Crippen LogP contribution in [0.4, 0.5) is 0 Å². The van der Waals surface area contributed by atoms with Crippen molar-refractivity contribution in [2.24, 2.45) is 0 Å². The van der Waals surface area contributed by atoms with E-state index in [9.17, 15) is 8.42 Å². The molecule has 0 spiro atoms. The molecule has 3 heterocycles. The first kappa shape index (κ1) is 25.5. The molecule has 190 valence electrons. The summed E-state index contributed by atoms with van der Waals surface area (Å²) in [6, 6.07) is 7.31. The summed E-state index contributed by atoms with van der Waals surface area (Å²) in [6.07, 6.45) is 3.52. The van der Waals surface area contributed by atoms with Gasteiger partial charge in [-0.15, -0.1) is 10.2 Å². The van der Waals surface area contributed by atoms with Gasteiger partial charge in [0, 0.05) is 30.8 Å². The molecular weight excluding hydrogens is 484 g/mol. The fourth-order valence-electron chi connectivity index (χ4n) is 4.19. The van der Waals surface area contributed by atoms with E-state index < -0.39 is 21.0 Å². The smallest absolute Gasteiger partial charge is 0.160 e. The van der Waals surface area contributed by atoms with Crippen molar-refractivity contribution in [1.29, 1.82) is 5.26 Å². The Kier molecular flexibility index (Phi) is 7.51. The lowest BCUT2D eigenvalue weighted by Gasteiger charge is -2.21. The number of sulfone groups is 1. The summed E-state index contributed by atoms with van der Waals surface area (Å²) in [5.74, 6) is 1.27. The van der Waals surface area contributed by atoms with Crippen molar-refractivity contribution in [2.45, 2.75) is 43.1 Å². The van der Waals surface area contributed by atoms with Crippen LogP contribution >= 0.6 is 0 Å². The summed E-state index contributed by atoms with van der Waals surface area (Å²) in [4.78, 5) is 8.36. The largest absolute Gasteiger partial charge is 0.494 e. The van der Waals surface area contributed by atoms with Crippen molar-refractivity contribution < 1.29 is 22.6 Å². The van der Waals surface area contributed by atoms with Gasteiger partial charge in [-0.25, -0.2) is 18.4 Å². The predicted molar refractivity (Wildman–Crippen MR) is 130 cm³/mol. The van der Waals surface area contributed by atoms with Gasteiger partial charge in [0.25, 0.3) is 0 Å². The van der Waals surface area contributed by atoms with E-state index in [-0.39, 0.29) is 17.5 Å². The maximum Gasteiger partial charge on any atom is 0.160 e.